The van der Waals surface area contributed by atoms with E-state index < -0.39 is 0 Å². The zero-order chi connectivity index (χ0) is 11.1. The molecule has 5 nitrogen and oxygen atoms in total. The molecular weight excluding hydrogens is 196 g/mol. The summed E-state index contributed by atoms with van der Waals surface area (Å²) in [6, 6.07) is 0.0198. The third-order valence-corrected chi connectivity index (χ3v) is 2.94. The van der Waals surface area contributed by atoms with E-state index in [0.717, 1.165) is 26.1 Å². The van der Waals surface area contributed by atoms with Crippen molar-refractivity contribution in [2.45, 2.75) is 31.4 Å². The molecular formula is C10H22N2O3. The summed E-state index contributed by atoms with van der Waals surface area (Å²) in [4.78, 5) is 0. The molecule has 1 heterocycles. The van der Waals surface area contributed by atoms with Crippen LogP contribution in [-0.2, 0) is 14.2 Å². The Morgan fingerprint density at radius 2 is 2.13 bits per heavy atom. The van der Waals surface area contributed by atoms with Crippen LogP contribution in [0.2, 0.25) is 0 Å². The molecule has 0 spiro atoms. The zero-order valence-corrected chi connectivity index (χ0v) is 9.62. The number of nitrogens with one attached hydrogen (secondary N) is 1. The van der Waals surface area contributed by atoms with Crippen LogP contribution in [0.15, 0.2) is 0 Å². The standard InChI is InChI=1S/C10H22N2O3/c1-3-15-10(4-6-14-7-5-10)9(12-11)8-13-2/h9,12H,3-8,11H2,1-2H3. The van der Waals surface area contributed by atoms with Crippen LogP contribution in [0.25, 0.3) is 0 Å². The molecule has 1 fully saturated rings. The van der Waals surface area contributed by atoms with Crippen LogP contribution >= 0.6 is 0 Å². The SMILES string of the molecule is CCOC1(C(COC)NN)CCOCC1. The van der Waals surface area contributed by atoms with Gasteiger partial charge >= 0.3 is 0 Å². The summed E-state index contributed by atoms with van der Waals surface area (Å²) in [7, 11) is 1.67. The van der Waals surface area contributed by atoms with Gasteiger partial charge in [-0.3, -0.25) is 11.3 Å². The highest BCUT2D eigenvalue weighted by Crippen LogP contribution is 2.28. The number of methoxy groups -OCH3 is 1. The fourth-order valence-electron chi connectivity index (χ4n) is 2.12. The van der Waals surface area contributed by atoms with Crippen LogP contribution in [0.5, 0.6) is 0 Å². The van der Waals surface area contributed by atoms with E-state index >= 15 is 0 Å². The van der Waals surface area contributed by atoms with Gasteiger partial charge in [-0.15, -0.1) is 0 Å². The highest BCUT2D eigenvalue weighted by Gasteiger charge is 2.40. The van der Waals surface area contributed by atoms with E-state index in [4.69, 9.17) is 20.1 Å². The quantitative estimate of drug-likeness (QED) is 0.487. The minimum Gasteiger partial charge on any atom is -0.383 e. The van der Waals surface area contributed by atoms with Gasteiger partial charge in [-0.05, 0) is 6.92 Å². The Labute approximate surface area is 91.2 Å². The van der Waals surface area contributed by atoms with Crippen molar-refractivity contribution in [1.82, 2.24) is 5.43 Å². The highest BCUT2D eigenvalue weighted by molar-refractivity contribution is 4.94. The van der Waals surface area contributed by atoms with Gasteiger partial charge in [0.2, 0.25) is 0 Å². The molecule has 1 saturated heterocycles. The number of hydrogen-bond donors (Lipinski definition) is 2. The number of hydrazine groups is 1. The highest BCUT2D eigenvalue weighted by atomic mass is 16.5. The van der Waals surface area contributed by atoms with Crippen molar-refractivity contribution < 1.29 is 14.2 Å². The molecule has 0 aromatic heterocycles. The molecule has 5 heteroatoms. The van der Waals surface area contributed by atoms with Crippen LogP contribution in [0.1, 0.15) is 19.8 Å². The fourth-order valence-corrected chi connectivity index (χ4v) is 2.12. The monoisotopic (exact) mass is 218 g/mol. The minimum absolute atomic E-state index is 0.0198. The predicted octanol–water partition coefficient (Wildman–Crippen LogP) is 0.0504. The van der Waals surface area contributed by atoms with Gasteiger partial charge in [0.05, 0.1) is 18.2 Å². The summed E-state index contributed by atoms with van der Waals surface area (Å²) in [6.07, 6.45) is 1.72. The lowest BCUT2D eigenvalue weighted by Gasteiger charge is -2.42. The van der Waals surface area contributed by atoms with E-state index in [0.29, 0.717) is 13.2 Å². The smallest absolute Gasteiger partial charge is 0.0914 e. The van der Waals surface area contributed by atoms with Crippen molar-refractivity contribution in [3.8, 4) is 0 Å². The normalized spacial score (nSPS) is 22.6. The number of rotatable bonds is 6. The first-order valence-corrected chi connectivity index (χ1v) is 5.46. The van der Waals surface area contributed by atoms with Crippen LogP contribution in [0.4, 0.5) is 0 Å². The lowest BCUT2D eigenvalue weighted by atomic mass is 9.86. The second-order valence-electron chi connectivity index (χ2n) is 3.78. The summed E-state index contributed by atoms with van der Waals surface area (Å²) in [5.41, 5.74) is 2.55. The van der Waals surface area contributed by atoms with Crippen molar-refractivity contribution in [2.24, 2.45) is 5.84 Å². The van der Waals surface area contributed by atoms with Gasteiger partial charge in [-0.25, -0.2) is 0 Å². The second kappa shape index (κ2) is 6.40. The third kappa shape index (κ3) is 3.12. The van der Waals surface area contributed by atoms with Crippen LogP contribution in [-0.4, -0.2) is 45.2 Å². The van der Waals surface area contributed by atoms with Gasteiger partial charge in [-0.2, -0.15) is 0 Å². The molecule has 3 N–H and O–H groups in total. The van der Waals surface area contributed by atoms with E-state index in [1.165, 1.54) is 0 Å². The average Bonchev–Trinajstić information content (AvgIpc) is 2.27. The Hall–Kier alpha value is -0.200. The van der Waals surface area contributed by atoms with Crippen molar-refractivity contribution >= 4 is 0 Å². The molecule has 1 unspecified atom stereocenters. The average molecular weight is 218 g/mol. The topological polar surface area (TPSA) is 65.7 Å². The molecule has 0 aromatic rings. The number of nitrogens with two attached hydrogens (primary N) is 1. The van der Waals surface area contributed by atoms with Crippen molar-refractivity contribution in [3.63, 3.8) is 0 Å². The summed E-state index contributed by atoms with van der Waals surface area (Å²) < 4.78 is 16.4. The molecule has 0 radical (unpaired) electrons. The molecule has 1 rings (SSSR count). The van der Waals surface area contributed by atoms with Crippen LogP contribution < -0.4 is 11.3 Å². The Bertz CT molecular complexity index is 167. The van der Waals surface area contributed by atoms with Gasteiger partial charge in [0, 0.05) is 39.8 Å². The fraction of sp³-hybridized carbons (Fsp3) is 1.00. The van der Waals surface area contributed by atoms with Crippen LogP contribution in [0, 0.1) is 0 Å². The largest absolute Gasteiger partial charge is 0.383 e. The first-order chi connectivity index (χ1) is 7.29. The van der Waals surface area contributed by atoms with E-state index in [9.17, 15) is 0 Å². The molecule has 1 atom stereocenters. The molecule has 1 aliphatic heterocycles. The Morgan fingerprint density at radius 1 is 1.47 bits per heavy atom. The van der Waals surface area contributed by atoms with E-state index in [2.05, 4.69) is 5.43 Å². The molecule has 1 aliphatic rings. The minimum atomic E-state index is -0.238. The zero-order valence-electron chi connectivity index (χ0n) is 9.62. The molecule has 0 amide bonds. The maximum Gasteiger partial charge on any atom is 0.0914 e. The molecule has 15 heavy (non-hydrogen) atoms. The van der Waals surface area contributed by atoms with Crippen LogP contribution in [0.3, 0.4) is 0 Å². The van der Waals surface area contributed by atoms with Gasteiger partial charge in [0.25, 0.3) is 0 Å². The third-order valence-electron chi connectivity index (χ3n) is 2.94. The lowest BCUT2D eigenvalue weighted by molar-refractivity contribution is -0.135. The Morgan fingerprint density at radius 3 is 2.60 bits per heavy atom. The van der Waals surface area contributed by atoms with Gasteiger partial charge in [0.1, 0.15) is 0 Å². The van der Waals surface area contributed by atoms with E-state index in [1.807, 2.05) is 6.92 Å². The molecule has 0 bridgehead atoms. The van der Waals surface area contributed by atoms with Gasteiger partial charge in [-0.1, -0.05) is 0 Å². The number of ether oxygens (including phenoxy) is 3. The second-order valence-corrected chi connectivity index (χ2v) is 3.78. The first-order valence-electron chi connectivity index (χ1n) is 5.46. The number of hydrogen-bond acceptors (Lipinski definition) is 5. The molecule has 0 aromatic carbocycles. The molecule has 0 saturated carbocycles. The molecule has 90 valence electrons. The van der Waals surface area contributed by atoms with Gasteiger partial charge in [0.15, 0.2) is 0 Å². The van der Waals surface area contributed by atoms with Crippen molar-refractivity contribution in [1.29, 1.82) is 0 Å². The predicted molar refractivity (Wildman–Crippen MR) is 57.4 cm³/mol. The van der Waals surface area contributed by atoms with E-state index in [-0.39, 0.29) is 11.6 Å². The Balaban J connectivity index is 2.67. The van der Waals surface area contributed by atoms with Gasteiger partial charge < -0.3 is 14.2 Å². The maximum atomic E-state index is 5.87. The van der Waals surface area contributed by atoms with Crippen molar-refractivity contribution in [2.75, 3.05) is 33.5 Å². The summed E-state index contributed by atoms with van der Waals surface area (Å²) >= 11 is 0. The Kier molecular flexibility index (Phi) is 5.49. The molecule has 0 aliphatic carbocycles. The van der Waals surface area contributed by atoms with E-state index in [1.54, 1.807) is 7.11 Å². The summed E-state index contributed by atoms with van der Waals surface area (Å²) in [5, 5.41) is 0. The first kappa shape index (κ1) is 12.9. The summed E-state index contributed by atoms with van der Waals surface area (Å²) in [6.45, 7) is 4.68. The maximum absolute atomic E-state index is 5.87. The summed E-state index contributed by atoms with van der Waals surface area (Å²) in [5.74, 6) is 5.55. The lowest BCUT2D eigenvalue weighted by Crippen LogP contribution is -2.59. The van der Waals surface area contributed by atoms with Crippen molar-refractivity contribution in [3.05, 3.63) is 0 Å².